The third-order valence-corrected chi connectivity index (χ3v) is 4.98. The number of nitrogens with zero attached hydrogens (tertiary/aromatic N) is 3. The van der Waals surface area contributed by atoms with Gasteiger partial charge in [0.2, 0.25) is 5.91 Å². The molecule has 0 fully saturated rings. The number of amides is 2. The average Bonchev–Trinajstić information content (AvgIpc) is 3.35. The summed E-state index contributed by atoms with van der Waals surface area (Å²) < 4.78 is 6.74. The van der Waals surface area contributed by atoms with Crippen LogP contribution in [-0.2, 0) is 18.4 Å². The van der Waals surface area contributed by atoms with E-state index in [0.29, 0.717) is 22.2 Å². The highest BCUT2D eigenvalue weighted by Crippen LogP contribution is 2.17. The van der Waals surface area contributed by atoms with Gasteiger partial charge in [0.05, 0.1) is 18.6 Å². The second-order valence-electron chi connectivity index (χ2n) is 6.09. The second-order valence-corrected chi connectivity index (χ2v) is 7.03. The summed E-state index contributed by atoms with van der Waals surface area (Å²) in [6.07, 6.45) is 1.42. The molecule has 0 saturated carbocycles. The van der Waals surface area contributed by atoms with E-state index in [1.165, 1.54) is 24.9 Å². The molecule has 0 spiro atoms. The number of carbonyl (C=O) groups is 3. The molecule has 0 radical (unpaired) electrons. The second kappa shape index (κ2) is 9.20. The monoisotopic (exact) mass is 413 g/mol. The highest BCUT2D eigenvalue weighted by molar-refractivity contribution is 7.99. The van der Waals surface area contributed by atoms with Gasteiger partial charge in [0.25, 0.3) is 5.91 Å². The maximum absolute atomic E-state index is 12.2. The summed E-state index contributed by atoms with van der Waals surface area (Å²) in [6.45, 7) is 1.65. The SMILES string of the molecule is CC(=O)c1cccc(NC(=O)CSc2nnc(CNC(=O)c3ccco3)n2C)c1. The first kappa shape index (κ1) is 20.3. The number of nitrogens with one attached hydrogen (secondary N) is 2. The van der Waals surface area contributed by atoms with E-state index in [1.807, 2.05) is 0 Å². The highest BCUT2D eigenvalue weighted by atomic mass is 32.2. The van der Waals surface area contributed by atoms with Gasteiger partial charge in [-0.3, -0.25) is 14.4 Å². The van der Waals surface area contributed by atoms with Gasteiger partial charge in [-0.1, -0.05) is 23.9 Å². The zero-order valence-electron chi connectivity index (χ0n) is 15.8. The third-order valence-electron chi connectivity index (χ3n) is 3.96. The molecule has 2 aromatic heterocycles. The van der Waals surface area contributed by atoms with Crippen molar-refractivity contribution in [3.05, 3.63) is 59.8 Å². The van der Waals surface area contributed by atoms with Gasteiger partial charge in [-0.25, -0.2) is 0 Å². The molecule has 0 aliphatic heterocycles. The fourth-order valence-corrected chi connectivity index (χ4v) is 3.15. The first-order valence-electron chi connectivity index (χ1n) is 8.67. The van der Waals surface area contributed by atoms with E-state index in [-0.39, 0.29) is 35.7 Å². The summed E-state index contributed by atoms with van der Waals surface area (Å²) in [5.41, 5.74) is 1.09. The van der Waals surface area contributed by atoms with Crippen molar-refractivity contribution in [3.63, 3.8) is 0 Å². The zero-order valence-corrected chi connectivity index (χ0v) is 16.7. The van der Waals surface area contributed by atoms with E-state index in [1.54, 1.807) is 48.0 Å². The number of rotatable bonds is 8. The van der Waals surface area contributed by atoms with Crippen molar-refractivity contribution in [2.45, 2.75) is 18.6 Å². The Morgan fingerprint density at radius 1 is 1.17 bits per heavy atom. The maximum Gasteiger partial charge on any atom is 0.287 e. The van der Waals surface area contributed by atoms with Crippen LogP contribution in [-0.4, -0.2) is 38.1 Å². The fourth-order valence-electron chi connectivity index (χ4n) is 2.42. The smallest absolute Gasteiger partial charge is 0.287 e. The Hall–Kier alpha value is -3.40. The van der Waals surface area contributed by atoms with E-state index < -0.39 is 0 Å². The summed E-state index contributed by atoms with van der Waals surface area (Å²) in [5, 5.41) is 14.1. The minimum atomic E-state index is -0.348. The van der Waals surface area contributed by atoms with Gasteiger partial charge in [0.15, 0.2) is 22.5 Å². The Labute approximate surface area is 170 Å². The van der Waals surface area contributed by atoms with Crippen LogP contribution in [0.25, 0.3) is 0 Å². The normalized spacial score (nSPS) is 10.6. The van der Waals surface area contributed by atoms with E-state index in [4.69, 9.17) is 4.42 Å². The molecular weight excluding hydrogens is 394 g/mol. The molecule has 0 unspecified atom stereocenters. The van der Waals surface area contributed by atoms with E-state index >= 15 is 0 Å². The van der Waals surface area contributed by atoms with E-state index in [9.17, 15) is 14.4 Å². The number of benzene rings is 1. The number of hydrogen-bond donors (Lipinski definition) is 2. The first-order chi connectivity index (χ1) is 13.9. The maximum atomic E-state index is 12.2. The van der Waals surface area contributed by atoms with Crippen molar-refractivity contribution in [2.24, 2.45) is 7.05 Å². The van der Waals surface area contributed by atoms with E-state index in [0.717, 1.165) is 0 Å². The largest absolute Gasteiger partial charge is 0.459 e. The van der Waals surface area contributed by atoms with Crippen molar-refractivity contribution in [2.75, 3.05) is 11.1 Å². The Bertz CT molecular complexity index is 1030. The molecule has 150 valence electrons. The number of ketones is 1. The van der Waals surface area contributed by atoms with Crippen LogP contribution in [0.5, 0.6) is 0 Å². The highest BCUT2D eigenvalue weighted by Gasteiger charge is 2.14. The number of Topliss-reactive ketones (excluding diaryl/α,β-unsaturated/α-hetero) is 1. The molecule has 3 aromatic rings. The van der Waals surface area contributed by atoms with Crippen LogP contribution in [0.3, 0.4) is 0 Å². The summed E-state index contributed by atoms with van der Waals surface area (Å²) in [5.74, 6) is 0.232. The van der Waals surface area contributed by atoms with E-state index in [2.05, 4.69) is 20.8 Å². The number of carbonyl (C=O) groups excluding carboxylic acids is 3. The van der Waals surface area contributed by atoms with Crippen molar-refractivity contribution in [1.82, 2.24) is 20.1 Å². The quantitative estimate of drug-likeness (QED) is 0.429. The van der Waals surface area contributed by atoms with Gasteiger partial charge >= 0.3 is 0 Å². The van der Waals surface area contributed by atoms with Crippen LogP contribution >= 0.6 is 11.8 Å². The molecule has 3 rings (SSSR count). The predicted octanol–water partition coefficient (Wildman–Crippen LogP) is 2.27. The summed E-state index contributed by atoms with van der Waals surface area (Å²) in [6, 6.07) is 9.96. The zero-order chi connectivity index (χ0) is 20.8. The number of hydrogen-bond acceptors (Lipinski definition) is 7. The lowest BCUT2D eigenvalue weighted by molar-refractivity contribution is -0.113. The minimum Gasteiger partial charge on any atom is -0.459 e. The minimum absolute atomic E-state index is 0.0683. The van der Waals surface area contributed by atoms with Crippen molar-refractivity contribution in [1.29, 1.82) is 0 Å². The molecular formula is C19H19N5O4S. The lowest BCUT2D eigenvalue weighted by atomic mass is 10.1. The van der Waals surface area contributed by atoms with Crippen molar-refractivity contribution in [3.8, 4) is 0 Å². The van der Waals surface area contributed by atoms with Crippen LogP contribution in [0, 0.1) is 0 Å². The Morgan fingerprint density at radius 2 is 2.00 bits per heavy atom. The lowest BCUT2D eigenvalue weighted by Gasteiger charge is -2.07. The van der Waals surface area contributed by atoms with Crippen LogP contribution in [0.15, 0.2) is 52.2 Å². The molecule has 0 aliphatic rings. The molecule has 2 N–H and O–H groups in total. The number of furan rings is 1. The van der Waals surface area contributed by atoms with Crippen LogP contribution in [0.1, 0.15) is 33.7 Å². The Balaban J connectivity index is 1.52. The lowest BCUT2D eigenvalue weighted by Crippen LogP contribution is -2.24. The molecule has 0 aliphatic carbocycles. The molecule has 0 saturated heterocycles. The van der Waals surface area contributed by atoms with Crippen molar-refractivity contribution < 1.29 is 18.8 Å². The molecule has 1 aromatic carbocycles. The third kappa shape index (κ3) is 5.32. The van der Waals surface area contributed by atoms with Gasteiger partial charge in [-0.2, -0.15) is 0 Å². The molecule has 0 atom stereocenters. The van der Waals surface area contributed by atoms with Gasteiger partial charge in [0.1, 0.15) is 0 Å². The molecule has 2 heterocycles. The van der Waals surface area contributed by atoms with Crippen LogP contribution < -0.4 is 10.6 Å². The summed E-state index contributed by atoms with van der Waals surface area (Å²) in [4.78, 5) is 35.5. The molecule has 9 nitrogen and oxygen atoms in total. The van der Waals surface area contributed by atoms with Gasteiger partial charge in [-0.15, -0.1) is 10.2 Å². The van der Waals surface area contributed by atoms with Crippen LogP contribution in [0.2, 0.25) is 0 Å². The standard InChI is InChI=1S/C19H19N5O4S/c1-12(25)13-5-3-6-14(9-13)21-17(26)11-29-19-23-22-16(24(19)2)10-20-18(27)15-7-4-8-28-15/h3-9H,10-11H2,1-2H3,(H,20,27)(H,21,26). The van der Waals surface area contributed by atoms with Crippen LogP contribution in [0.4, 0.5) is 5.69 Å². The number of aromatic nitrogens is 3. The molecule has 2 amide bonds. The average molecular weight is 413 g/mol. The number of thioether (sulfide) groups is 1. The fraction of sp³-hybridized carbons (Fsp3) is 0.211. The molecule has 29 heavy (non-hydrogen) atoms. The Kier molecular flexibility index (Phi) is 6.45. The predicted molar refractivity (Wildman–Crippen MR) is 107 cm³/mol. The topological polar surface area (TPSA) is 119 Å². The van der Waals surface area contributed by atoms with Crippen molar-refractivity contribution >= 4 is 35.0 Å². The first-order valence-corrected chi connectivity index (χ1v) is 9.66. The molecule has 10 heteroatoms. The summed E-state index contributed by atoms with van der Waals surface area (Å²) in [7, 11) is 1.75. The van der Waals surface area contributed by atoms with Gasteiger partial charge in [0, 0.05) is 18.3 Å². The number of anilines is 1. The summed E-state index contributed by atoms with van der Waals surface area (Å²) >= 11 is 1.22. The van der Waals surface area contributed by atoms with Gasteiger partial charge in [-0.05, 0) is 31.2 Å². The Morgan fingerprint density at radius 3 is 2.72 bits per heavy atom. The molecule has 0 bridgehead atoms. The van der Waals surface area contributed by atoms with Gasteiger partial charge < -0.3 is 19.6 Å².